The Morgan fingerprint density at radius 3 is 2.43 bits per heavy atom. The van der Waals surface area contributed by atoms with Gasteiger partial charge in [-0.3, -0.25) is 4.79 Å². The fourth-order valence-electron chi connectivity index (χ4n) is 2.59. The number of para-hydroxylation sites is 1. The Kier molecular flexibility index (Phi) is 3.60. The number of furan rings is 1. The Bertz CT molecular complexity index is 965. The second-order valence-electron chi connectivity index (χ2n) is 5.02. The lowest BCUT2D eigenvalue weighted by Crippen LogP contribution is -2.07. The Morgan fingerprint density at radius 1 is 1.00 bits per heavy atom. The van der Waals surface area contributed by atoms with E-state index in [2.05, 4.69) is 0 Å². The lowest BCUT2D eigenvalue weighted by Gasteiger charge is -2.17. The Balaban J connectivity index is 2.05. The molecule has 23 heavy (non-hydrogen) atoms. The molecule has 0 bridgehead atoms. The molecular weight excluding hydrogens is 522 g/mol. The molecule has 4 nitrogen and oxygen atoms in total. The summed E-state index contributed by atoms with van der Waals surface area (Å²) in [5.41, 5.74) is 2.23. The van der Waals surface area contributed by atoms with Gasteiger partial charge in [-0.25, -0.2) is 0 Å². The van der Waals surface area contributed by atoms with Crippen molar-refractivity contribution in [1.82, 2.24) is 0 Å². The number of carbonyl (C=O) groups excluding carboxylic acids is 1. The van der Waals surface area contributed by atoms with E-state index in [1.165, 1.54) is 6.08 Å². The van der Waals surface area contributed by atoms with Crippen molar-refractivity contribution in [3.8, 4) is 0 Å². The van der Waals surface area contributed by atoms with E-state index in [1.807, 2.05) is 69.4 Å². The third-order valence-electron chi connectivity index (χ3n) is 3.57. The molecule has 0 spiro atoms. The number of aliphatic hydroxyl groups excluding tert-OH is 1. The summed E-state index contributed by atoms with van der Waals surface area (Å²) >= 11 is 4.01. The van der Waals surface area contributed by atoms with Crippen molar-refractivity contribution in [2.45, 2.75) is 0 Å². The first-order valence-corrected chi connectivity index (χ1v) is 8.84. The summed E-state index contributed by atoms with van der Waals surface area (Å²) in [6, 6.07) is 7.61. The SMILES string of the molecule is O=C1C(I)=CC(=C2OC(O)=Cc3oc4ccccc4c32)C=C1I. The molecule has 0 amide bonds. The highest BCUT2D eigenvalue weighted by Crippen LogP contribution is 2.41. The number of halogens is 2. The van der Waals surface area contributed by atoms with E-state index in [0.29, 0.717) is 18.7 Å². The van der Waals surface area contributed by atoms with Crippen LogP contribution in [0.3, 0.4) is 0 Å². The average Bonchev–Trinajstić information content (AvgIpc) is 2.89. The van der Waals surface area contributed by atoms with Gasteiger partial charge in [0.25, 0.3) is 5.95 Å². The number of ketones is 1. The van der Waals surface area contributed by atoms with Crippen LogP contribution >= 0.6 is 45.2 Å². The highest BCUT2D eigenvalue weighted by Gasteiger charge is 2.28. The van der Waals surface area contributed by atoms with Gasteiger partial charge in [-0.2, -0.15) is 0 Å². The topological polar surface area (TPSA) is 59.7 Å². The van der Waals surface area contributed by atoms with Crippen LogP contribution in [0.5, 0.6) is 0 Å². The maximum atomic E-state index is 11.9. The second kappa shape index (κ2) is 5.52. The van der Waals surface area contributed by atoms with Gasteiger partial charge in [-0.1, -0.05) is 18.2 Å². The summed E-state index contributed by atoms with van der Waals surface area (Å²) in [6.07, 6.45) is 4.96. The van der Waals surface area contributed by atoms with E-state index >= 15 is 0 Å². The van der Waals surface area contributed by atoms with Crippen molar-refractivity contribution in [1.29, 1.82) is 0 Å². The molecule has 2 aliphatic rings. The van der Waals surface area contributed by atoms with E-state index in [1.54, 1.807) is 12.2 Å². The molecule has 1 aromatic heterocycles. The lowest BCUT2D eigenvalue weighted by molar-refractivity contribution is -0.110. The minimum atomic E-state index is -0.234. The van der Waals surface area contributed by atoms with Gasteiger partial charge >= 0.3 is 0 Å². The number of hydrogen-bond acceptors (Lipinski definition) is 4. The molecule has 1 aromatic carbocycles. The summed E-state index contributed by atoms with van der Waals surface area (Å²) in [5, 5.41) is 10.8. The zero-order chi connectivity index (χ0) is 16.1. The third kappa shape index (κ3) is 2.44. The minimum Gasteiger partial charge on any atom is -0.481 e. The van der Waals surface area contributed by atoms with Crippen LogP contribution < -0.4 is 0 Å². The van der Waals surface area contributed by atoms with Crippen LogP contribution in [0.25, 0.3) is 22.8 Å². The maximum absolute atomic E-state index is 11.9. The summed E-state index contributed by atoms with van der Waals surface area (Å²) in [6.45, 7) is 0. The van der Waals surface area contributed by atoms with Gasteiger partial charge in [0.05, 0.1) is 18.8 Å². The Hall–Kier alpha value is -1.55. The van der Waals surface area contributed by atoms with E-state index in [0.717, 1.165) is 22.1 Å². The van der Waals surface area contributed by atoms with Gasteiger partial charge in [0, 0.05) is 11.0 Å². The summed E-state index contributed by atoms with van der Waals surface area (Å²) in [5.74, 6) is 0.785. The standard InChI is InChI=1S/C17H8I2O4/c18-10-5-8(6-11(19)16(10)21)17-15-9-3-1-2-4-12(9)22-13(15)7-14(20)23-17/h1-7,20H. The maximum Gasteiger partial charge on any atom is 0.286 e. The highest BCUT2D eigenvalue weighted by atomic mass is 127. The predicted octanol–water partition coefficient (Wildman–Crippen LogP) is 5.25. The van der Waals surface area contributed by atoms with Crippen LogP contribution in [-0.2, 0) is 9.53 Å². The Labute approximate surface area is 158 Å². The molecule has 4 rings (SSSR count). The molecule has 0 saturated heterocycles. The highest BCUT2D eigenvalue weighted by molar-refractivity contribution is 14.1. The van der Waals surface area contributed by atoms with Crippen molar-refractivity contribution in [3.05, 3.63) is 66.4 Å². The van der Waals surface area contributed by atoms with Gasteiger partial charge < -0.3 is 14.3 Å². The molecule has 0 saturated carbocycles. The number of fused-ring (bicyclic) bond motifs is 3. The number of Topliss-reactive ketones (excluding diaryl/α,β-unsaturated/α-hetero) is 1. The van der Waals surface area contributed by atoms with Crippen molar-refractivity contribution >= 4 is 73.8 Å². The van der Waals surface area contributed by atoms with Gasteiger partial charge in [0.15, 0.2) is 0 Å². The van der Waals surface area contributed by atoms with Crippen LogP contribution in [0.4, 0.5) is 0 Å². The number of hydrogen-bond donors (Lipinski definition) is 1. The first-order chi connectivity index (χ1) is 11.0. The van der Waals surface area contributed by atoms with Crippen LogP contribution in [-0.4, -0.2) is 10.9 Å². The van der Waals surface area contributed by atoms with Crippen LogP contribution in [0.15, 0.2) is 59.5 Å². The van der Waals surface area contributed by atoms with Gasteiger partial charge in [-0.15, -0.1) is 0 Å². The second-order valence-corrected chi connectivity index (χ2v) is 7.34. The smallest absolute Gasteiger partial charge is 0.286 e. The van der Waals surface area contributed by atoms with E-state index in [9.17, 15) is 9.90 Å². The van der Waals surface area contributed by atoms with Crippen molar-refractivity contribution in [2.75, 3.05) is 0 Å². The molecule has 6 heteroatoms. The molecule has 1 aliphatic heterocycles. The van der Waals surface area contributed by atoms with E-state index in [-0.39, 0.29) is 11.7 Å². The van der Waals surface area contributed by atoms with E-state index < -0.39 is 0 Å². The molecule has 0 unspecified atom stereocenters. The van der Waals surface area contributed by atoms with Crippen molar-refractivity contribution in [3.63, 3.8) is 0 Å². The summed E-state index contributed by atoms with van der Waals surface area (Å²) in [7, 11) is 0. The molecule has 0 fully saturated rings. The molecule has 0 atom stereocenters. The molecule has 1 N–H and O–H groups in total. The number of ether oxygens (including phenoxy) is 1. The first-order valence-electron chi connectivity index (χ1n) is 6.68. The molecular formula is C17H8I2O4. The lowest BCUT2D eigenvalue weighted by atomic mass is 10.00. The van der Waals surface area contributed by atoms with Crippen molar-refractivity contribution in [2.24, 2.45) is 0 Å². The van der Waals surface area contributed by atoms with Gasteiger partial charge in [0.1, 0.15) is 17.1 Å². The Morgan fingerprint density at radius 2 is 1.70 bits per heavy atom. The zero-order valence-electron chi connectivity index (χ0n) is 11.5. The largest absolute Gasteiger partial charge is 0.481 e. The monoisotopic (exact) mass is 530 g/mol. The minimum absolute atomic E-state index is 0.0107. The van der Waals surface area contributed by atoms with Crippen molar-refractivity contribution < 1.29 is 19.1 Å². The quantitative estimate of drug-likeness (QED) is 0.473. The van der Waals surface area contributed by atoms with E-state index in [4.69, 9.17) is 9.15 Å². The zero-order valence-corrected chi connectivity index (χ0v) is 15.8. The summed E-state index contributed by atoms with van der Waals surface area (Å²) in [4.78, 5) is 11.9. The molecule has 114 valence electrons. The van der Waals surface area contributed by atoms with Gasteiger partial charge in [-0.05, 0) is 63.4 Å². The average molecular weight is 530 g/mol. The number of rotatable bonds is 0. The number of benzene rings is 1. The number of allylic oxidation sites excluding steroid dienone is 5. The molecule has 2 aromatic rings. The van der Waals surface area contributed by atoms with Crippen LogP contribution in [0, 0.1) is 0 Å². The fourth-order valence-corrected chi connectivity index (χ4v) is 4.36. The molecule has 0 radical (unpaired) electrons. The van der Waals surface area contributed by atoms with Gasteiger partial charge in [0.2, 0.25) is 5.78 Å². The fraction of sp³-hybridized carbons (Fsp3) is 0. The third-order valence-corrected chi connectivity index (χ3v) is 5.17. The first kappa shape index (κ1) is 15.0. The predicted molar refractivity (Wildman–Crippen MR) is 104 cm³/mol. The summed E-state index contributed by atoms with van der Waals surface area (Å²) < 4.78 is 12.6. The number of carbonyl (C=O) groups is 1. The van der Waals surface area contributed by atoms with Crippen LogP contribution in [0.2, 0.25) is 0 Å². The normalized spacial score (nSPS) is 17.5. The molecule has 2 heterocycles. The van der Waals surface area contributed by atoms with Crippen LogP contribution in [0.1, 0.15) is 11.3 Å². The number of aliphatic hydroxyl groups is 1. The molecule has 1 aliphatic carbocycles.